The van der Waals surface area contributed by atoms with Crippen molar-refractivity contribution in [2.75, 3.05) is 7.05 Å². The van der Waals surface area contributed by atoms with E-state index >= 15 is 0 Å². The highest BCUT2D eigenvalue weighted by atomic mass is 35.5. The number of carbonyl (C=O) groups excluding carboxylic acids is 1. The number of halogens is 1. The summed E-state index contributed by atoms with van der Waals surface area (Å²) in [5.41, 5.74) is 4.45. The molecule has 144 valence electrons. The van der Waals surface area contributed by atoms with Gasteiger partial charge in [-0.25, -0.2) is 4.98 Å². The van der Waals surface area contributed by atoms with Crippen LogP contribution in [0.25, 0.3) is 22.2 Å². The maximum atomic E-state index is 13.5. The molecule has 0 saturated heterocycles. The first kappa shape index (κ1) is 18.9. The number of hydrogen-bond acceptors (Lipinski definition) is 2. The summed E-state index contributed by atoms with van der Waals surface area (Å²) in [6.07, 6.45) is 5.86. The standard InChI is InChI=1S/C24H25ClN2O/c1-16-7-6-10-20-21(24(28)27(2)19-8-4-3-5-9-19)15-22(26-23(16)20)17-11-13-18(25)14-12-17/h6-7,10-15,19H,3-5,8-9H2,1-2H3. The Morgan fingerprint density at radius 1 is 1.07 bits per heavy atom. The fraction of sp³-hybridized carbons (Fsp3) is 0.333. The summed E-state index contributed by atoms with van der Waals surface area (Å²) in [4.78, 5) is 20.3. The molecule has 4 heteroatoms. The number of carbonyl (C=O) groups is 1. The van der Waals surface area contributed by atoms with E-state index in [0.29, 0.717) is 11.1 Å². The molecule has 1 amide bonds. The van der Waals surface area contributed by atoms with E-state index in [1.807, 2.05) is 67.4 Å². The normalized spacial score (nSPS) is 15.0. The molecule has 0 unspecified atom stereocenters. The van der Waals surface area contributed by atoms with Gasteiger partial charge in [0.2, 0.25) is 0 Å². The maximum Gasteiger partial charge on any atom is 0.254 e. The first-order chi connectivity index (χ1) is 13.5. The highest BCUT2D eigenvalue weighted by Gasteiger charge is 2.25. The van der Waals surface area contributed by atoms with E-state index in [2.05, 4.69) is 0 Å². The molecule has 4 rings (SSSR count). The van der Waals surface area contributed by atoms with Gasteiger partial charge in [0, 0.05) is 29.1 Å². The third-order valence-corrected chi connectivity index (χ3v) is 6.11. The number of fused-ring (bicyclic) bond motifs is 1. The van der Waals surface area contributed by atoms with Crippen molar-refractivity contribution in [2.24, 2.45) is 0 Å². The second-order valence-corrected chi connectivity index (χ2v) is 8.18. The van der Waals surface area contributed by atoms with Gasteiger partial charge in [0.05, 0.1) is 16.8 Å². The quantitative estimate of drug-likeness (QED) is 0.526. The summed E-state index contributed by atoms with van der Waals surface area (Å²) in [5, 5.41) is 1.61. The Kier molecular flexibility index (Phi) is 5.36. The Hall–Kier alpha value is -2.39. The zero-order valence-electron chi connectivity index (χ0n) is 16.4. The van der Waals surface area contributed by atoms with Crippen molar-refractivity contribution in [2.45, 2.75) is 45.1 Å². The summed E-state index contributed by atoms with van der Waals surface area (Å²) < 4.78 is 0. The van der Waals surface area contributed by atoms with Crippen LogP contribution in [-0.2, 0) is 0 Å². The van der Waals surface area contributed by atoms with Crippen molar-refractivity contribution in [3.63, 3.8) is 0 Å². The monoisotopic (exact) mass is 392 g/mol. The van der Waals surface area contributed by atoms with Gasteiger partial charge in [-0.3, -0.25) is 4.79 Å². The lowest BCUT2D eigenvalue weighted by atomic mass is 9.93. The first-order valence-corrected chi connectivity index (χ1v) is 10.4. The van der Waals surface area contributed by atoms with Crippen LogP contribution in [0.2, 0.25) is 5.02 Å². The molecule has 1 aromatic heterocycles. The van der Waals surface area contributed by atoms with Crippen LogP contribution in [0.15, 0.2) is 48.5 Å². The number of amides is 1. The van der Waals surface area contributed by atoms with Crippen LogP contribution in [0.1, 0.15) is 48.0 Å². The summed E-state index contributed by atoms with van der Waals surface area (Å²) in [7, 11) is 1.95. The Morgan fingerprint density at radius 2 is 1.79 bits per heavy atom. The number of pyridine rings is 1. The molecular formula is C24H25ClN2O. The molecule has 1 saturated carbocycles. The molecule has 3 nitrogen and oxygen atoms in total. The van der Waals surface area contributed by atoms with E-state index in [1.165, 1.54) is 19.3 Å². The van der Waals surface area contributed by atoms with Crippen molar-refractivity contribution < 1.29 is 4.79 Å². The second kappa shape index (κ2) is 7.92. The Balaban J connectivity index is 1.82. The highest BCUT2D eigenvalue weighted by molar-refractivity contribution is 6.30. The lowest BCUT2D eigenvalue weighted by Crippen LogP contribution is -2.38. The molecule has 2 aromatic carbocycles. The number of nitrogens with zero attached hydrogens (tertiary/aromatic N) is 2. The minimum atomic E-state index is 0.0834. The Labute approximate surface area is 171 Å². The molecule has 28 heavy (non-hydrogen) atoms. The predicted molar refractivity (Wildman–Crippen MR) is 116 cm³/mol. The van der Waals surface area contributed by atoms with Gasteiger partial charge >= 0.3 is 0 Å². The molecule has 0 aliphatic heterocycles. The smallest absolute Gasteiger partial charge is 0.254 e. The molecule has 1 fully saturated rings. The lowest BCUT2D eigenvalue weighted by molar-refractivity contribution is 0.0698. The molecule has 0 radical (unpaired) electrons. The molecule has 0 bridgehead atoms. The maximum absolute atomic E-state index is 13.5. The van der Waals surface area contributed by atoms with Crippen LogP contribution in [0.3, 0.4) is 0 Å². The van der Waals surface area contributed by atoms with Gasteiger partial charge in [-0.15, -0.1) is 0 Å². The molecular weight excluding hydrogens is 368 g/mol. The van der Waals surface area contributed by atoms with E-state index in [1.54, 1.807) is 0 Å². The fourth-order valence-corrected chi connectivity index (χ4v) is 4.29. The molecule has 0 spiro atoms. The Morgan fingerprint density at radius 3 is 2.50 bits per heavy atom. The second-order valence-electron chi connectivity index (χ2n) is 7.74. The SMILES string of the molecule is Cc1cccc2c(C(=O)N(C)C3CCCCC3)cc(-c3ccc(Cl)cc3)nc12. The number of aromatic nitrogens is 1. The minimum Gasteiger partial charge on any atom is -0.339 e. The molecule has 1 aliphatic rings. The summed E-state index contributed by atoms with van der Waals surface area (Å²) in [6.45, 7) is 2.04. The largest absolute Gasteiger partial charge is 0.339 e. The van der Waals surface area contributed by atoms with Gasteiger partial charge in [-0.1, -0.05) is 61.2 Å². The van der Waals surface area contributed by atoms with Crippen LogP contribution in [0.4, 0.5) is 0 Å². The van der Waals surface area contributed by atoms with Crippen LogP contribution >= 0.6 is 11.6 Å². The number of hydrogen-bond donors (Lipinski definition) is 0. The summed E-state index contributed by atoms with van der Waals surface area (Å²) in [6, 6.07) is 15.9. The number of para-hydroxylation sites is 1. The van der Waals surface area contributed by atoms with Gasteiger partial charge < -0.3 is 4.90 Å². The predicted octanol–water partition coefficient (Wildman–Crippen LogP) is 6.27. The van der Waals surface area contributed by atoms with Gasteiger partial charge in [-0.05, 0) is 43.5 Å². The van der Waals surface area contributed by atoms with Crippen LogP contribution < -0.4 is 0 Å². The van der Waals surface area contributed by atoms with Crippen molar-refractivity contribution in [1.29, 1.82) is 0 Å². The molecule has 0 N–H and O–H groups in total. The fourth-order valence-electron chi connectivity index (χ4n) is 4.16. The minimum absolute atomic E-state index is 0.0834. The molecule has 3 aromatic rings. The van der Waals surface area contributed by atoms with Gasteiger partial charge in [0.1, 0.15) is 0 Å². The molecule has 1 heterocycles. The van der Waals surface area contributed by atoms with Crippen LogP contribution in [-0.4, -0.2) is 28.9 Å². The van der Waals surface area contributed by atoms with Crippen molar-refractivity contribution in [3.8, 4) is 11.3 Å². The van der Waals surface area contributed by atoms with Crippen molar-refractivity contribution >= 4 is 28.4 Å². The summed E-state index contributed by atoms with van der Waals surface area (Å²) >= 11 is 6.05. The van der Waals surface area contributed by atoms with Crippen molar-refractivity contribution in [1.82, 2.24) is 9.88 Å². The lowest BCUT2D eigenvalue weighted by Gasteiger charge is -2.31. The average molecular weight is 393 g/mol. The molecule has 0 atom stereocenters. The number of rotatable bonds is 3. The highest BCUT2D eigenvalue weighted by Crippen LogP contribution is 2.30. The molecule has 1 aliphatic carbocycles. The van der Waals surface area contributed by atoms with Crippen LogP contribution in [0, 0.1) is 6.92 Å². The number of aryl methyl sites for hydroxylation is 1. The van der Waals surface area contributed by atoms with E-state index in [4.69, 9.17) is 16.6 Å². The van der Waals surface area contributed by atoms with E-state index in [0.717, 1.165) is 46.1 Å². The topological polar surface area (TPSA) is 33.2 Å². The van der Waals surface area contributed by atoms with Crippen molar-refractivity contribution in [3.05, 3.63) is 64.7 Å². The third kappa shape index (κ3) is 3.64. The first-order valence-electron chi connectivity index (χ1n) is 9.98. The van der Waals surface area contributed by atoms with E-state index in [-0.39, 0.29) is 5.91 Å². The zero-order chi connectivity index (χ0) is 19.7. The average Bonchev–Trinajstić information content (AvgIpc) is 2.73. The van der Waals surface area contributed by atoms with Gasteiger partial charge in [-0.2, -0.15) is 0 Å². The van der Waals surface area contributed by atoms with Gasteiger partial charge in [0.15, 0.2) is 0 Å². The van der Waals surface area contributed by atoms with E-state index < -0.39 is 0 Å². The van der Waals surface area contributed by atoms with E-state index in [9.17, 15) is 4.79 Å². The number of benzene rings is 2. The zero-order valence-corrected chi connectivity index (χ0v) is 17.2. The summed E-state index contributed by atoms with van der Waals surface area (Å²) in [5.74, 6) is 0.0834. The van der Waals surface area contributed by atoms with Crippen LogP contribution in [0.5, 0.6) is 0 Å². The third-order valence-electron chi connectivity index (χ3n) is 5.85. The van der Waals surface area contributed by atoms with Gasteiger partial charge in [0.25, 0.3) is 5.91 Å². The Bertz CT molecular complexity index is 1010.